The molecule has 36 heavy (non-hydrogen) atoms. The maximum Gasteiger partial charge on any atom is 0.282 e. The summed E-state index contributed by atoms with van der Waals surface area (Å²) < 4.78 is 39.2. The molecule has 0 aliphatic rings. The Morgan fingerprint density at radius 3 is 2.53 bits per heavy atom. The standard InChI is InChI=1S/C26H19BrF2N4O3/c1-15-24(26(35)33(31(15)2)18-6-4-17(28)5-7-18)21(34)14-16-3-8-22(20(29)13-16)36-23-9-11-30-32-12-10-19(27)25(23)32/h3-13H,14H2,1-2H3. The average molecular weight is 553 g/mol. The maximum absolute atomic E-state index is 14.9. The molecule has 5 aromatic rings. The molecular formula is C26H19BrF2N4O3. The van der Waals surface area contributed by atoms with Crippen molar-refractivity contribution in [1.82, 2.24) is 19.0 Å². The van der Waals surface area contributed by atoms with E-state index in [2.05, 4.69) is 21.0 Å². The number of halogens is 3. The van der Waals surface area contributed by atoms with Crippen LogP contribution in [0.1, 0.15) is 21.6 Å². The molecule has 0 aliphatic heterocycles. The van der Waals surface area contributed by atoms with Gasteiger partial charge in [-0.1, -0.05) is 6.07 Å². The van der Waals surface area contributed by atoms with Gasteiger partial charge in [-0.2, -0.15) is 5.10 Å². The van der Waals surface area contributed by atoms with Gasteiger partial charge in [-0.15, -0.1) is 0 Å². The van der Waals surface area contributed by atoms with Gasteiger partial charge in [0.1, 0.15) is 16.9 Å². The molecule has 10 heteroatoms. The van der Waals surface area contributed by atoms with Crippen LogP contribution in [0, 0.1) is 18.6 Å². The summed E-state index contributed by atoms with van der Waals surface area (Å²) in [6, 6.07) is 13.1. The Hall–Kier alpha value is -4.05. The fourth-order valence-electron chi connectivity index (χ4n) is 4.09. The predicted octanol–water partition coefficient (Wildman–Crippen LogP) is 5.39. The maximum atomic E-state index is 14.9. The van der Waals surface area contributed by atoms with E-state index in [1.54, 1.807) is 49.1 Å². The van der Waals surface area contributed by atoms with Gasteiger partial charge in [0.05, 0.1) is 11.9 Å². The van der Waals surface area contributed by atoms with Crippen molar-refractivity contribution in [2.24, 2.45) is 7.05 Å². The highest BCUT2D eigenvalue weighted by atomic mass is 79.9. The summed E-state index contributed by atoms with van der Waals surface area (Å²) in [5.74, 6) is -1.13. The minimum absolute atomic E-state index is 0.000166. The number of carbonyl (C=O) groups is 1. The third kappa shape index (κ3) is 4.13. The summed E-state index contributed by atoms with van der Waals surface area (Å²) in [6.07, 6.45) is 3.11. The molecule has 0 radical (unpaired) electrons. The predicted molar refractivity (Wildman–Crippen MR) is 133 cm³/mol. The second-order valence-electron chi connectivity index (χ2n) is 8.20. The lowest BCUT2D eigenvalue weighted by atomic mass is 10.0. The van der Waals surface area contributed by atoms with Gasteiger partial charge in [0.25, 0.3) is 5.56 Å². The van der Waals surface area contributed by atoms with Crippen LogP contribution < -0.4 is 10.3 Å². The highest BCUT2D eigenvalue weighted by Crippen LogP contribution is 2.32. The van der Waals surface area contributed by atoms with Crippen molar-refractivity contribution in [2.45, 2.75) is 13.3 Å². The van der Waals surface area contributed by atoms with Crippen molar-refractivity contribution in [3.63, 3.8) is 0 Å². The molecule has 3 aromatic heterocycles. The molecule has 0 fully saturated rings. The van der Waals surface area contributed by atoms with Crippen molar-refractivity contribution in [2.75, 3.05) is 0 Å². The molecular weight excluding hydrogens is 534 g/mol. The normalized spacial score (nSPS) is 11.2. The summed E-state index contributed by atoms with van der Waals surface area (Å²) in [6.45, 7) is 1.65. The molecule has 0 spiro atoms. The number of benzene rings is 2. The number of aromatic nitrogens is 4. The smallest absolute Gasteiger partial charge is 0.282 e. The molecule has 5 rings (SSSR count). The van der Waals surface area contributed by atoms with Gasteiger partial charge in [0.2, 0.25) is 0 Å². The third-order valence-corrected chi connectivity index (χ3v) is 6.59. The highest BCUT2D eigenvalue weighted by molar-refractivity contribution is 9.10. The van der Waals surface area contributed by atoms with Crippen LogP contribution in [0.3, 0.4) is 0 Å². The van der Waals surface area contributed by atoms with E-state index >= 15 is 0 Å². The number of fused-ring (bicyclic) bond motifs is 1. The van der Waals surface area contributed by atoms with Crippen molar-refractivity contribution >= 4 is 27.2 Å². The van der Waals surface area contributed by atoms with E-state index in [0.29, 0.717) is 28.2 Å². The lowest BCUT2D eigenvalue weighted by Crippen LogP contribution is -2.23. The first kappa shape index (κ1) is 23.7. The summed E-state index contributed by atoms with van der Waals surface area (Å²) in [5, 5.41) is 4.18. The van der Waals surface area contributed by atoms with Crippen LogP contribution >= 0.6 is 15.9 Å². The fraction of sp³-hybridized carbons (Fsp3) is 0.115. The van der Waals surface area contributed by atoms with Crippen molar-refractivity contribution in [3.8, 4) is 17.2 Å². The Morgan fingerprint density at radius 1 is 1.06 bits per heavy atom. The van der Waals surface area contributed by atoms with Crippen LogP contribution in [-0.4, -0.2) is 24.8 Å². The topological polar surface area (TPSA) is 70.5 Å². The number of ketones is 1. The Morgan fingerprint density at radius 2 is 1.81 bits per heavy atom. The lowest BCUT2D eigenvalue weighted by molar-refractivity contribution is 0.0991. The van der Waals surface area contributed by atoms with Crippen molar-refractivity contribution < 1.29 is 18.3 Å². The molecule has 182 valence electrons. The molecule has 0 atom stereocenters. The Balaban J connectivity index is 1.41. The monoisotopic (exact) mass is 552 g/mol. The second-order valence-corrected chi connectivity index (χ2v) is 9.05. The number of hydrogen-bond acceptors (Lipinski definition) is 4. The number of ether oxygens (including phenoxy) is 1. The van der Waals surface area contributed by atoms with E-state index < -0.39 is 23.0 Å². The Bertz CT molecular complexity index is 1690. The number of rotatable bonds is 6. The minimum atomic E-state index is -0.647. The first-order chi connectivity index (χ1) is 17.2. The van der Waals surface area contributed by atoms with Crippen molar-refractivity contribution in [1.29, 1.82) is 0 Å². The van der Waals surface area contributed by atoms with E-state index in [1.165, 1.54) is 45.8 Å². The van der Waals surface area contributed by atoms with E-state index in [0.717, 1.165) is 4.47 Å². The SMILES string of the molecule is Cc1c(C(=O)Cc2ccc(Oc3ccnn4ccc(Br)c34)c(F)c2)c(=O)n(-c2ccc(F)cc2)n1C. The zero-order chi connectivity index (χ0) is 25.6. The van der Waals surface area contributed by atoms with Crippen LogP contribution in [0.15, 0.2) is 76.3 Å². The summed E-state index contributed by atoms with van der Waals surface area (Å²) in [4.78, 5) is 26.2. The van der Waals surface area contributed by atoms with Crippen LogP contribution in [0.25, 0.3) is 11.2 Å². The first-order valence-electron chi connectivity index (χ1n) is 10.9. The van der Waals surface area contributed by atoms with E-state index in [1.807, 2.05) is 0 Å². The molecule has 0 unspecified atom stereocenters. The molecule has 0 amide bonds. The van der Waals surface area contributed by atoms with Crippen LogP contribution in [-0.2, 0) is 13.5 Å². The molecule has 0 bridgehead atoms. The van der Waals surface area contributed by atoms with Crippen LogP contribution in [0.4, 0.5) is 8.78 Å². The Labute approximate surface area is 212 Å². The van der Waals surface area contributed by atoms with Crippen molar-refractivity contribution in [3.05, 3.63) is 110 Å². The van der Waals surface area contributed by atoms with Gasteiger partial charge in [-0.25, -0.2) is 18.0 Å². The molecule has 2 aromatic carbocycles. The lowest BCUT2D eigenvalue weighted by Gasteiger charge is -2.10. The number of Topliss-reactive ketones (excluding diaryl/α,β-unsaturated/α-hetero) is 1. The van der Waals surface area contributed by atoms with Gasteiger partial charge in [0.15, 0.2) is 23.1 Å². The summed E-state index contributed by atoms with van der Waals surface area (Å²) >= 11 is 3.43. The zero-order valence-corrected chi connectivity index (χ0v) is 20.8. The molecule has 3 heterocycles. The van der Waals surface area contributed by atoms with E-state index in [4.69, 9.17) is 4.74 Å². The number of carbonyl (C=O) groups excluding carboxylic acids is 1. The van der Waals surface area contributed by atoms with Gasteiger partial charge in [-0.05, 0) is 70.9 Å². The van der Waals surface area contributed by atoms with Gasteiger partial charge >= 0.3 is 0 Å². The van der Waals surface area contributed by atoms with Gasteiger partial charge in [-0.3, -0.25) is 14.3 Å². The first-order valence-corrected chi connectivity index (χ1v) is 11.7. The van der Waals surface area contributed by atoms with Crippen LogP contribution in [0.2, 0.25) is 0 Å². The highest BCUT2D eigenvalue weighted by Gasteiger charge is 2.23. The second kappa shape index (κ2) is 9.19. The van der Waals surface area contributed by atoms with E-state index in [-0.39, 0.29) is 17.7 Å². The molecule has 0 saturated heterocycles. The number of hydrogen-bond donors (Lipinski definition) is 0. The molecule has 0 aliphatic carbocycles. The molecule has 0 saturated carbocycles. The quantitative estimate of drug-likeness (QED) is 0.265. The van der Waals surface area contributed by atoms with Gasteiger partial charge < -0.3 is 4.74 Å². The summed E-state index contributed by atoms with van der Waals surface area (Å²) in [5.41, 5.74) is 1.40. The third-order valence-electron chi connectivity index (χ3n) is 5.95. The minimum Gasteiger partial charge on any atom is -0.452 e. The van der Waals surface area contributed by atoms with E-state index in [9.17, 15) is 18.4 Å². The Kier molecular flexibility index (Phi) is 6.05. The largest absolute Gasteiger partial charge is 0.452 e. The fourth-order valence-corrected chi connectivity index (χ4v) is 4.59. The van der Waals surface area contributed by atoms with Gasteiger partial charge in [0, 0.05) is 35.9 Å². The number of nitrogens with zero attached hydrogens (tertiary/aromatic N) is 4. The zero-order valence-electron chi connectivity index (χ0n) is 19.2. The van der Waals surface area contributed by atoms with Crippen LogP contribution in [0.5, 0.6) is 11.5 Å². The summed E-state index contributed by atoms with van der Waals surface area (Å²) in [7, 11) is 1.64. The molecule has 7 nitrogen and oxygen atoms in total. The molecule has 0 N–H and O–H groups in total. The average Bonchev–Trinajstić information content (AvgIpc) is 3.33.